The molecule has 0 amide bonds. The highest BCUT2D eigenvalue weighted by atomic mass is 16.7. The molecule has 0 aromatic heterocycles. The zero-order valence-electron chi connectivity index (χ0n) is 7.57. The summed E-state index contributed by atoms with van der Waals surface area (Å²) in [5.74, 6) is 0.712. The van der Waals surface area contributed by atoms with Gasteiger partial charge in [-0.05, 0) is 25.2 Å². The van der Waals surface area contributed by atoms with Gasteiger partial charge in [0.2, 0.25) is 0 Å². The van der Waals surface area contributed by atoms with Crippen LogP contribution in [0.2, 0.25) is 0 Å². The normalized spacial score (nSPS) is 62.8. The van der Waals surface area contributed by atoms with Crippen molar-refractivity contribution in [2.24, 2.45) is 5.92 Å². The molecule has 4 fully saturated rings. The molecule has 3 heteroatoms. The van der Waals surface area contributed by atoms with Crippen molar-refractivity contribution in [1.29, 1.82) is 0 Å². The molecule has 1 saturated carbocycles. The minimum atomic E-state index is 0.136. The van der Waals surface area contributed by atoms with Crippen molar-refractivity contribution in [2.75, 3.05) is 13.2 Å². The third-order valence-corrected chi connectivity index (χ3v) is 4.05. The van der Waals surface area contributed by atoms with Crippen LogP contribution in [-0.2, 0) is 14.2 Å². The van der Waals surface area contributed by atoms with Crippen LogP contribution < -0.4 is 0 Å². The Morgan fingerprint density at radius 3 is 2.62 bits per heavy atom. The Morgan fingerprint density at radius 1 is 1.15 bits per heavy atom. The van der Waals surface area contributed by atoms with Gasteiger partial charge in [0.05, 0.1) is 25.4 Å². The molecular formula is C10H14O3. The Morgan fingerprint density at radius 2 is 2.00 bits per heavy atom. The van der Waals surface area contributed by atoms with Gasteiger partial charge in [-0.25, -0.2) is 0 Å². The van der Waals surface area contributed by atoms with Crippen LogP contribution in [0.4, 0.5) is 0 Å². The van der Waals surface area contributed by atoms with Gasteiger partial charge in [-0.15, -0.1) is 0 Å². The Hall–Kier alpha value is -0.120. The molecule has 72 valence electrons. The number of hydrogen-bond donors (Lipinski definition) is 0. The lowest BCUT2D eigenvalue weighted by Crippen LogP contribution is -2.34. The third kappa shape index (κ3) is 0.953. The molecule has 4 rings (SSSR count). The van der Waals surface area contributed by atoms with Crippen molar-refractivity contribution < 1.29 is 14.2 Å². The van der Waals surface area contributed by atoms with Crippen molar-refractivity contribution in [3.8, 4) is 0 Å². The van der Waals surface area contributed by atoms with E-state index in [4.69, 9.17) is 14.2 Å². The Balaban J connectivity index is 1.53. The molecule has 3 aliphatic heterocycles. The zero-order valence-corrected chi connectivity index (χ0v) is 7.57. The van der Waals surface area contributed by atoms with E-state index in [0.29, 0.717) is 24.2 Å². The number of fused-ring (bicyclic) bond motifs is 1. The summed E-state index contributed by atoms with van der Waals surface area (Å²) in [6, 6.07) is 0. The predicted molar refractivity (Wildman–Crippen MR) is 44.4 cm³/mol. The van der Waals surface area contributed by atoms with Crippen molar-refractivity contribution in [3.63, 3.8) is 0 Å². The largest absolute Gasteiger partial charge is 0.370 e. The first-order valence-corrected chi connectivity index (χ1v) is 5.29. The lowest BCUT2D eigenvalue weighted by molar-refractivity contribution is 0.143. The Bertz CT molecular complexity index is 245. The molecule has 0 spiro atoms. The van der Waals surface area contributed by atoms with Crippen molar-refractivity contribution in [2.45, 2.75) is 43.2 Å². The fraction of sp³-hybridized carbons (Fsp3) is 1.00. The van der Waals surface area contributed by atoms with E-state index < -0.39 is 0 Å². The maximum absolute atomic E-state index is 5.65. The highest BCUT2D eigenvalue weighted by Crippen LogP contribution is 2.53. The van der Waals surface area contributed by atoms with Crippen molar-refractivity contribution >= 4 is 0 Å². The number of rotatable bonds is 2. The average molecular weight is 182 g/mol. The average Bonchev–Trinajstić information content (AvgIpc) is 2.96. The second kappa shape index (κ2) is 2.10. The van der Waals surface area contributed by atoms with Crippen LogP contribution in [0.1, 0.15) is 19.3 Å². The van der Waals surface area contributed by atoms with Gasteiger partial charge in [-0.2, -0.15) is 0 Å². The van der Waals surface area contributed by atoms with Gasteiger partial charge in [0.15, 0.2) is 0 Å². The molecule has 4 aliphatic rings. The van der Waals surface area contributed by atoms with Gasteiger partial charge in [-0.3, -0.25) is 0 Å². The van der Waals surface area contributed by atoms with Crippen LogP contribution in [-0.4, -0.2) is 37.1 Å². The van der Waals surface area contributed by atoms with Crippen LogP contribution in [0.25, 0.3) is 0 Å². The molecular weight excluding hydrogens is 168 g/mol. The topological polar surface area (TPSA) is 37.6 Å². The highest BCUT2D eigenvalue weighted by molar-refractivity contribution is 5.11. The minimum absolute atomic E-state index is 0.136. The summed E-state index contributed by atoms with van der Waals surface area (Å²) < 4.78 is 16.6. The van der Waals surface area contributed by atoms with E-state index in [1.807, 2.05) is 0 Å². The number of epoxide rings is 3. The second-order valence-electron chi connectivity index (χ2n) is 4.79. The molecule has 1 aliphatic carbocycles. The molecule has 3 nitrogen and oxygen atoms in total. The number of ether oxygens (including phenoxy) is 3. The molecule has 0 radical (unpaired) electrons. The van der Waals surface area contributed by atoms with E-state index in [1.165, 1.54) is 19.3 Å². The van der Waals surface area contributed by atoms with Gasteiger partial charge >= 0.3 is 0 Å². The van der Waals surface area contributed by atoms with Crippen LogP contribution in [0.5, 0.6) is 0 Å². The van der Waals surface area contributed by atoms with E-state index in [-0.39, 0.29) is 5.60 Å². The quantitative estimate of drug-likeness (QED) is 0.590. The number of hydrogen-bond acceptors (Lipinski definition) is 3. The molecule has 0 N–H and O–H groups in total. The summed E-state index contributed by atoms with van der Waals surface area (Å²) in [6.45, 7) is 1.85. The monoisotopic (exact) mass is 182 g/mol. The van der Waals surface area contributed by atoms with Crippen LogP contribution in [0, 0.1) is 5.92 Å². The lowest BCUT2D eigenvalue weighted by Gasteiger charge is -2.24. The molecule has 3 saturated heterocycles. The molecule has 0 aromatic rings. The van der Waals surface area contributed by atoms with E-state index in [0.717, 1.165) is 13.2 Å². The predicted octanol–water partition coefficient (Wildman–Crippen LogP) is 0.722. The summed E-state index contributed by atoms with van der Waals surface area (Å²) in [5.41, 5.74) is 0.136. The maximum atomic E-state index is 5.65. The Kier molecular flexibility index (Phi) is 1.16. The SMILES string of the molecule is C1CC(C2(C3CO3)CO2)CC2OC12. The smallest absolute Gasteiger partial charge is 0.123 e. The van der Waals surface area contributed by atoms with Crippen LogP contribution in [0.15, 0.2) is 0 Å². The van der Waals surface area contributed by atoms with Crippen LogP contribution in [0.3, 0.4) is 0 Å². The van der Waals surface area contributed by atoms with Gasteiger partial charge in [-0.1, -0.05) is 0 Å². The summed E-state index contributed by atoms with van der Waals surface area (Å²) in [7, 11) is 0. The first kappa shape index (κ1) is 7.21. The zero-order chi connectivity index (χ0) is 8.47. The molecule has 5 atom stereocenters. The fourth-order valence-electron chi connectivity index (χ4n) is 2.95. The van der Waals surface area contributed by atoms with Crippen molar-refractivity contribution in [1.82, 2.24) is 0 Å². The van der Waals surface area contributed by atoms with Gasteiger partial charge in [0.1, 0.15) is 11.7 Å². The van der Waals surface area contributed by atoms with E-state index in [2.05, 4.69) is 0 Å². The van der Waals surface area contributed by atoms with Crippen LogP contribution >= 0.6 is 0 Å². The van der Waals surface area contributed by atoms with Crippen molar-refractivity contribution in [3.05, 3.63) is 0 Å². The van der Waals surface area contributed by atoms with Gasteiger partial charge in [0, 0.05) is 0 Å². The third-order valence-electron chi connectivity index (χ3n) is 4.05. The molecule has 13 heavy (non-hydrogen) atoms. The van der Waals surface area contributed by atoms with E-state index in [1.54, 1.807) is 0 Å². The van der Waals surface area contributed by atoms with Gasteiger partial charge in [0.25, 0.3) is 0 Å². The standard InChI is InChI=1S/C10H14O3/c1-2-7-8(13-7)3-6(1)10(5-12-10)9-4-11-9/h6-9H,1-5H2. The molecule has 3 heterocycles. The minimum Gasteiger partial charge on any atom is -0.370 e. The van der Waals surface area contributed by atoms with E-state index >= 15 is 0 Å². The maximum Gasteiger partial charge on any atom is 0.123 e. The summed E-state index contributed by atoms with van der Waals surface area (Å²) in [5, 5.41) is 0. The fourth-order valence-corrected chi connectivity index (χ4v) is 2.95. The molecule has 5 unspecified atom stereocenters. The second-order valence-corrected chi connectivity index (χ2v) is 4.79. The first-order chi connectivity index (χ1) is 6.38. The summed E-state index contributed by atoms with van der Waals surface area (Å²) in [4.78, 5) is 0. The molecule has 0 bridgehead atoms. The van der Waals surface area contributed by atoms with Gasteiger partial charge < -0.3 is 14.2 Å². The first-order valence-electron chi connectivity index (χ1n) is 5.29. The highest BCUT2D eigenvalue weighted by Gasteiger charge is 2.64. The lowest BCUT2D eigenvalue weighted by atomic mass is 9.78. The summed E-state index contributed by atoms with van der Waals surface area (Å²) in [6.07, 6.45) is 5.33. The Labute approximate surface area is 77.3 Å². The van der Waals surface area contributed by atoms with E-state index in [9.17, 15) is 0 Å². The molecule has 0 aromatic carbocycles. The summed E-state index contributed by atoms with van der Waals surface area (Å²) >= 11 is 0.